The molecule has 0 aliphatic heterocycles. The first-order valence-electron chi connectivity index (χ1n) is 5.85. The van der Waals surface area contributed by atoms with Crippen molar-refractivity contribution in [2.75, 3.05) is 13.2 Å². The van der Waals surface area contributed by atoms with Gasteiger partial charge in [0.2, 0.25) is 0 Å². The van der Waals surface area contributed by atoms with Gasteiger partial charge in [-0.2, -0.15) is 0 Å². The Bertz CT molecular complexity index is 410. The third-order valence-electron chi connectivity index (χ3n) is 2.25. The molecule has 18 heavy (non-hydrogen) atoms. The van der Waals surface area contributed by atoms with Crippen LogP contribution in [0.15, 0.2) is 49.6 Å². The molecule has 0 spiro atoms. The maximum Gasteiger partial charge on any atom is 0.306 e. The van der Waals surface area contributed by atoms with Crippen molar-refractivity contribution in [2.24, 2.45) is 0 Å². The van der Waals surface area contributed by atoms with E-state index in [1.807, 2.05) is 24.3 Å². The Labute approximate surface area is 108 Å². The van der Waals surface area contributed by atoms with E-state index in [1.165, 1.54) is 0 Å². The van der Waals surface area contributed by atoms with Crippen LogP contribution < -0.4 is 4.74 Å². The fourth-order valence-electron chi connectivity index (χ4n) is 1.42. The molecule has 3 nitrogen and oxygen atoms in total. The lowest BCUT2D eigenvalue weighted by atomic mass is 10.1. The highest BCUT2D eigenvalue weighted by Crippen LogP contribution is 2.14. The van der Waals surface area contributed by atoms with E-state index in [0.717, 1.165) is 11.3 Å². The van der Waals surface area contributed by atoms with Crippen LogP contribution in [0.3, 0.4) is 0 Å². The molecule has 96 valence electrons. The molecule has 0 atom stereocenters. The maximum absolute atomic E-state index is 11.3. The van der Waals surface area contributed by atoms with Crippen molar-refractivity contribution in [2.45, 2.75) is 12.8 Å². The van der Waals surface area contributed by atoms with Crippen LogP contribution in [0.1, 0.15) is 12.0 Å². The van der Waals surface area contributed by atoms with Gasteiger partial charge in [0.25, 0.3) is 0 Å². The zero-order chi connectivity index (χ0) is 13.2. The number of ether oxygens (including phenoxy) is 2. The molecular weight excluding hydrogens is 228 g/mol. The van der Waals surface area contributed by atoms with Gasteiger partial charge in [-0.15, -0.1) is 0 Å². The second-order valence-electron chi connectivity index (χ2n) is 3.72. The van der Waals surface area contributed by atoms with E-state index in [1.54, 1.807) is 12.2 Å². The standard InChI is InChI=1S/C15H18O3/c1-3-10-17-14-7-5-6-13(12-14)8-9-15(16)18-11-4-2/h3-7,12H,1-2,8-11H2. The largest absolute Gasteiger partial charge is 0.490 e. The SMILES string of the molecule is C=CCOC(=O)CCc1cccc(OCC=C)c1. The fourth-order valence-corrected chi connectivity index (χ4v) is 1.42. The predicted octanol–water partition coefficient (Wildman–Crippen LogP) is 2.91. The highest BCUT2D eigenvalue weighted by atomic mass is 16.5. The summed E-state index contributed by atoms with van der Waals surface area (Å²) in [5.74, 6) is 0.569. The predicted molar refractivity (Wildman–Crippen MR) is 71.6 cm³/mol. The van der Waals surface area contributed by atoms with E-state index in [-0.39, 0.29) is 12.6 Å². The molecule has 3 heteroatoms. The zero-order valence-corrected chi connectivity index (χ0v) is 10.4. The lowest BCUT2D eigenvalue weighted by Gasteiger charge is -2.06. The summed E-state index contributed by atoms with van der Waals surface area (Å²) < 4.78 is 10.3. The number of esters is 1. The van der Waals surface area contributed by atoms with Gasteiger partial charge in [-0.3, -0.25) is 4.79 Å². The van der Waals surface area contributed by atoms with Crippen molar-refractivity contribution >= 4 is 5.97 Å². The summed E-state index contributed by atoms with van der Waals surface area (Å²) in [5.41, 5.74) is 1.05. The summed E-state index contributed by atoms with van der Waals surface area (Å²) >= 11 is 0. The molecule has 0 amide bonds. The van der Waals surface area contributed by atoms with Gasteiger partial charge in [0.15, 0.2) is 0 Å². The molecule has 1 aromatic rings. The molecule has 0 heterocycles. The van der Waals surface area contributed by atoms with E-state index in [0.29, 0.717) is 19.4 Å². The fraction of sp³-hybridized carbons (Fsp3) is 0.267. The molecule has 0 saturated heterocycles. The number of rotatable bonds is 8. The third kappa shape index (κ3) is 5.34. The molecule has 0 aliphatic carbocycles. The molecule has 0 bridgehead atoms. The maximum atomic E-state index is 11.3. The molecule has 1 aromatic carbocycles. The van der Waals surface area contributed by atoms with Gasteiger partial charge in [0, 0.05) is 6.42 Å². The Morgan fingerprint density at radius 3 is 2.72 bits per heavy atom. The topological polar surface area (TPSA) is 35.5 Å². The van der Waals surface area contributed by atoms with Crippen molar-refractivity contribution in [1.82, 2.24) is 0 Å². The van der Waals surface area contributed by atoms with Crippen molar-refractivity contribution in [1.29, 1.82) is 0 Å². The normalized spacial score (nSPS) is 9.56. The first-order chi connectivity index (χ1) is 8.76. The van der Waals surface area contributed by atoms with E-state index in [9.17, 15) is 4.79 Å². The van der Waals surface area contributed by atoms with Gasteiger partial charge >= 0.3 is 5.97 Å². The highest BCUT2D eigenvalue weighted by Gasteiger charge is 2.03. The van der Waals surface area contributed by atoms with Gasteiger partial charge in [-0.25, -0.2) is 0 Å². The Morgan fingerprint density at radius 2 is 2.00 bits per heavy atom. The Kier molecular flexibility index (Phi) is 6.33. The lowest BCUT2D eigenvalue weighted by molar-refractivity contribution is -0.142. The molecule has 0 aromatic heterocycles. The van der Waals surface area contributed by atoms with E-state index >= 15 is 0 Å². The average Bonchev–Trinajstić information content (AvgIpc) is 2.41. The highest BCUT2D eigenvalue weighted by molar-refractivity contribution is 5.69. The van der Waals surface area contributed by atoms with Gasteiger partial charge in [-0.1, -0.05) is 37.4 Å². The molecule has 0 radical (unpaired) electrons. The zero-order valence-electron chi connectivity index (χ0n) is 10.4. The summed E-state index contributed by atoms with van der Waals surface area (Å²) in [6.07, 6.45) is 4.25. The summed E-state index contributed by atoms with van der Waals surface area (Å²) in [6.45, 7) is 7.82. The van der Waals surface area contributed by atoms with Crippen LogP contribution in [0.5, 0.6) is 5.75 Å². The molecule has 0 N–H and O–H groups in total. The minimum Gasteiger partial charge on any atom is -0.490 e. The van der Waals surface area contributed by atoms with Crippen LogP contribution >= 0.6 is 0 Å². The van der Waals surface area contributed by atoms with Crippen LogP contribution in [-0.4, -0.2) is 19.2 Å². The van der Waals surface area contributed by atoms with E-state index < -0.39 is 0 Å². The number of benzene rings is 1. The number of hydrogen-bond donors (Lipinski definition) is 0. The summed E-state index contributed by atoms with van der Waals surface area (Å²) in [6, 6.07) is 7.66. The Morgan fingerprint density at radius 1 is 1.22 bits per heavy atom. The molecule has 0 aliphatic rings. The van der Waals surface area contributed by atoms with E-state index in [4.69, 9.17) is 9.47 Å². The minimum absolute atomic E-state index is 0.215. The Balaban J connectivity index is 2.43. The molecule has 0 fully saturated rings. The quantitative estimate of drug-likeness (QED) is 0.522. The third-order valence-corrected chi connectivity index (χ3v) is 2.25. The van der Waals surface area contributed by atoms with Crippen LogP contribution in [0.25, 0.3) is 0 Å². The van der Waals surface area contributed by atoms with Crippen LogP contribution in [0, 0.1) is 0 Å². The number of aryl methyl sites for hydroxylation is 1. The van der Waals surface area contributed by atoms with Gasteiger partial charge < -0.3 is 9.47 Å². The molecule has 1 rings (SSSR count). The van der Waals surface area contributed by atoms with Crippen LogP contribution in [0.4, 0.5) is 0 Å². The minimum atomic E-state index is -0.215. The lowest BCUT2D eigenvalue weighted by Crippen LogP contribution is -2.05. The number of hydrogen-bond acceptors (Lipinski definition) is 3. The van der Waals surface area contributed by atoms with Gasteiger partial charge in [-0.05, 0) is 24.1 Å². The smallest absolute Gasteiger partial charge is 0.306 e. The summed E-state index contributed by atoms with van der Waals surface area (Å²) in [5, 5.41) is 0. The first kappa shape index (κ1) is 14.0. The second kappa shape index (κ2) is 8.12. The molecule has 0 saturated carbocycles. The van der Waals surface area contributed by atoms with Crippen molar-refractivity contribution in [3.8, 4) is 5.75 Å². The monoisotopic (exact) mass is 246 g/mol. The molecular formula is C15H18O3. The molecule has 0 unspecified atom stereocenters. The van der Waals surface area contributed by atoms with Gasteiger partial charge in [0.1, 0.15) is 19.0 Å². The summed E-state index contributed by atoms with van der Waals surface area (Å²) in [4.78, 5) is 11.3. The van der Waals surface area contributed by atoms with Crippen molar-refractivity contribution < 1.29 is 14.3 Å². The van der Waals surface area contributed by atoms with Crippen molar-refractivity contribution in [3.63, 3.8) is 0 Å². The van der Waals surface area contributed by atoms with E-state index in [2.05, 4.69) is 13.2 Å². The second-order valence-corrected chi connectivity index (χ2v) is 3.72. The van der Waals surface area contributed by atoms with Crippen LogP contribution in [-0.2, 0) is 16.0 Å². The summed E-state index contributed by atoms with van der Waals surface area (Å²) in [7, 11) is 0. The Hall–Kier alpha value is -2.03. The van der Waals surface area contributed by atoms with Crippen LogP contribution in [0.2, 0.25) is 0 Å². The number of carbonyl (C=O) groups excluding carboxylic acids is 1. The number of carbonyl (C=O) groups is 1. The van der Waals surface area contributed by atoms with Crippen molar-refractivity contribution in [3.05, 3.63) is 55.1 Å². The average molecular weight is 246 g/mol. The van der Waals surface area contributed by atoms with Gasteiger partial charge in [0.05, 0.1) is 0 Å². The first-order valence-corrected chi connectivity index (χ1v) is 5.85.